The van der Waals surface area contributed by atoms with Gasteiger partial charge >= 0.3 is 0 Å². The Hall–Kier alpha value is -1.39. The third-order valence-electron chi connectivity index (χ3n) is 4.24. The number of hydrogen-bond donors (Lipinski definition) is 0. The maximum Gasteiger partial charge on any atom is 0.244 e. The van der Waals surface area contributed by atoms with E-state index in [9.17, 15) is 16.8 Å². The minimum Gasteiger partial charge on any atom is -0.468 e. The molecule has 0 aliphatic carbocycles. The Labute approximate surface area is 158 Å². The Morgan fingerprint density at radius 3 is 2.35 bits per heavy atom. The lowest BCUT2D eigenvalue weighted by atomic mass is 10.3. The number of sulfonamides is 1. The third-order valence-corrected chi connectivity index (χ3v) is 7.73. The molecule has 2 aromatic rings. The molecule has 0 atom stereocenters. The first kappa shape index (κ1) is 19.4. The monoisotopic (exact) mass is 418 g/mol. The Kier molecular flexibility index (Phi) is 5.45. The van der Waals surface area contributed by atoms with E-state index in [-0.39, 0.29) is 14.8 Å². The second kappa shape index (κ2) is 7.32. The second-order valence-corrected chi connectivity index (χ2v) is 10.5. The van der Waals surface area contributed by atoms with E-state index in [1.807, 2.05) is 12.1 Å². The molecule has 7 nitrogen and oxygen atoms in total. The summed E-state index contributed by atoms with van der Waals surface area (Å²) in [4.78, 5) is 1.85. The van der Waals surface area contributed by atoms with Gasteiger partial charge in [-0.2, -0.15) is 4.31 Å². The lowest BCUT2D eigenvalue weighted by molar-refractivity contribution is 0.171. The van der Waals surface area contributed by atoms with Crippen LogP contribution in [0.15, 0.2) is 50.8 Å². The molecule has 1 aromatic heterocycles. The van der Waals surface area contributed by atoms with E-state index in [0.29, 0.717) is 32.7 Å². The van der Waals surface area contributed by atoms with Gasteiger partial charge in [0, 0.05) is 32.4 Å². The molecule has 0 N–H and O–H groups in total. The van der Waals surface area contributed by atoms with Crippen LogP contribution in [0.1, 0.15) is 5.76 Å². The highest BCUT2D eigenvalue weighted by atomic mass is 35.5. The summed E-state index contributed by atoms with van der Waals surface area (Å²) in [6.07, 6.45) is 2.63. The number of nitrogens with zero attached hydrogens (tertiary/aromatic N) is 2. The number of piperazine rings is 1. The predicted octanol–water partition coefficient (Wildman–Crippen LogP) is 1.84. The van der Waals surface area contributed by atoms with Crippen molar-refractivity contribution in [3.05, 3.63) is 47.4 Å². The van der Waals surface area contributed by atoms with Gasteiger partial charge in [0.2, 0.25) is 10.0 Å². The lowest BCUT2D eigenvalue weighted by Crippen LogP contribution is -2.48. The molecule has 1 fully saturated rings. The van der Waals surface area contributed by atoms with Gasteiger partial charge in [-0.1, -0.05) is 11.6 Å². The Balaban J connectivity index is 1.77. The van der Waals surface area contributed by atoms with Gasteiger partial charge in [0.1, 0.15) is 10.7 Å². The summed E-state index contributed by atoms with van der Waals surface area (Å²) in [5.74, 6) is 0.824. The van der Waals surface area contributed by atoms with Gasteiger partial charge in [-0.15, -0.1) is 0 Å². The SMILES string of the molecule is CS(=O)(=O)c1ccc(Cl)c(S(=O)(=O)N2CCN(Cc3ccco3)CC2)c1. The van der Waals surface area contributed by atoms with E-state index in [2.05, 4.69) is 4.90 Å². The van der Waals surface area contributed by atoms with Gasteiger partial charge in [-0.3, -0.25) is 4.90 Å². The zero-order valence-corrected chi connectivity index (χ0v) is 16.5. The van der Waals surface area contributed by atoms with Crippen molar-refractivity contribution in [3.63, 3.8) is 0 Å². The van der Waals surface area contributed by atoms with Crippen molar-refractivity contribution >= 4 is 31.5 Å². The van der Waals surface area contributed by atoms with Crippen molar-refractivity contribution in [2.75, 3.05) is 32.4 Å². The van der Waals surface area contributed by atoms with Gasteiger partial charge in [0.25, 0.3) is 0 Å². The summed E-state index contributed by atoms with van der Waals surface area (Å²) in [6, 6.07) is 7.42. The van der Waals surface area contributed by atoms with E-state index in [0.717, 1.165) is 18.1 Å². The quantitative estimate of drug-likeness (QED) is 0.736. The van der Waals surface area contributed by atoms with Crippen LogP contribution in [0, 0.1) is 0 Å². The van der Waals surface area contributed by atoms with Crippen molar-refractivity contribution < 1.29 is 21.3 Å². The zero-order chi connectivity index (χ0) is 18.9. The molecule has 1 aromatic carbocycles. The first-order valence-electron chi connectivity index (χ1n) is 7.92. The van der Waals surface area contributed by atoms with Crippen molar-refractivity contribution in [2.45, 2.75) is 16.3 Å². The molecule has 0 saturated carbocycles. The molecule has 10 heteroatoms. The molecule has 2 heterocycles. The topological polar surface area (TPSA) is 87.9 Å². The van der Waals surface area contributed by atoms with Crippen molar-refractivity contribution in [1.29, 1.82) is 0 Å². The van der Waals surface area contributed by atoms with E-state index in [4.69, 9.17) is 16.0 Å². The van der Waals surface area contributed by atoms with E-state index in [1.165, 1.54) is 16.4 Å². The van der Waals surface area contributed by atoms with Crippen LogP contribution in [-0.2, 0) is 26.4 Å². The van der Waals surface area contributed by atoms with Gasteiger partial charge in [-0.05, 0) is 30.3 Å². The normalized spacial score (nSPS) is 17.5. The number of sulfone groups is 1. The highest BCUT2D eigenvalue weighted by Crippen LogP contribution is 2.28. The molecular weight excluding hydrogens is 400 g/mol. The summed E-state index contributed by atoms with van der Waals surface area (Å²) in [5.41, 5.74) is 0. The molecule has 1 aliphatic rings. The van der Waals surface area contributed by atoms with Crippen LogP contribution in [0.2, 0.25) is 5.02 Å². The number of halogens is 1. The fraction of sp³-hybridized carbons (Fsp3) is 0.375. The average Bonchev–Trinajstić information content (AvgIpc) is 3.07. The molecule has 142 valence electrons. The second-order valence-electron chi connectivity index (χ2n) is 6.12. The molecule has 0 radical (unpaired) electrons. The number of rotatable bonds is 5. The molecule has 26 heavy (non-hydrogen) atoms. The third kappa shape index (κ3) is 4.12. The molecule has 1 saturated heterocycles. The van der Waals surface area contributed by atoms with Crippen LogP contribution < -0.4 is 0 Å². The predicted molar refractivity (Wildman–Crippen MR) is 97.3 cm³/mol. The fourth-order valence-corrected chi connectivity index (χ4v) is 5.45. The summed E-state index contributed by atoms with van der Waals surface area (Å²) in [7, 11) is -7.41. The highest BCUT2D eigenvalue weighted by molar-refractivity contribution is 7.91. The molecular formula is C16H19ClN2O5S2. The fourth-order valence-electron chi connectivity index (χ4n) is 2.80. The summed E-state index contributed by atoms with van der Waals surface area (Å²) in [5, 5.41) is 0.00964. The molecule has 0 amide bonds. The van der Waals surface area contributed by atoms with Crippen LogP contribution in [0.4, 0.5) is 0 Å². The van der Waals surface area contributed by atoms with Crippen LogP contribution >= 0.6 is 11.6 Å². The molecule has 0 spiro atoms. The maximum absolute atomic E-state index is 12.9. The number of furan rings is 1. The van der Waals surface area contributed by atoms with Gasteiger partial charge < -0.3 is 4.42 Å². The van der Waals surface area contributed by atoms with Crippen molar-refractivity contribution in [2.24, 2.45) is 0 Å². The van der Waals surface area contributed by atoms with Crippen LogP contribution in [0.3, 0.4) is 0 Å². The summed E-state index contributed by atoms with van der Waals surface area (Å²) >= 11 is 6.05. The maximum atomic E-state index is 12.9. The molecule has 0 unspecified atom stereocenters. The molecule has 3 rings (SSSR count). The van der Waals surface area contributed by atoms with E-state index >= 15 is 0 Å². The smallest absolute Gasteiger partial charge is 0.244 e. The number of benzene rings is 1. The van der Waals surface area contributed by atoms with Crippen LogP contribution in [0.25, 0.3) is 0 Å². The summed E-state index contributed by atoms with van der Waals surface area (Å²) < 4.78 is 55.9. The first-order chi connectivity index (χ1) is 12.2. The average molecular weight is 419 g/mol. The Morgan fingerprint density at radius 1 is 1.08 bits per heavy atom. The van der Waals surface area contributed by atoms with Crippen LogP contribution in [0.5, 0.6) is 0 Å². The Bertz CT molecular complexity index is 980. The lowest BCUT2D eigenvalue weighted by Gasteiger charge is -2.33. The van der Waals surface area contributed by atoms with Gasteiger partial charge in [0.15, 0.2) is 9.84 Å². The first-order valence-corrected chi connectivity index (χ1v) is 11.6. The van der Waals surface area contributed by atoms with E-state index < -0.39 is 19.9 Å². The van der Waals surface area contributed by atoms with Crippen molar-refractivity contribution in [3.8, 4) is 0 Å². The molecule has 0 bridgehead atoms. The van der Waals surface area contributed by atoms with Crippen LogP contribution in [-0.4, -0.2) is 58.5 Å². The number of hydrogen-bond acceptors (Lipinski definition) is 6. The van der Waals surface area contributed by atoms with Crippen molar-refractivity contribution in [1.82, 2.24) is 9.21 Å². The zero-order valence-electron chi connectivity index (χ0n) is 14.1. The van der Waals surface area contributed by atoms with Gasteiger partial charge in [0.05, 0.1) is 22.7 Å². The minimum absolute atomic E-state index is 0.00964. The Morgan fingerprint density at radius 2 is 1.77 bits per heavy atom. The molecule has 1 aliphatic heterocycles. The minimum atomic E-state index is -3.87. The summed E-state index contributed by atoms with van der Waals surface area (Å²) in [6.45, 7) is 2.29. The largest absolute Gasteiger partial charge is 0.468 e. The van der Waals surface area contributed by atoms with Gasteiger partial charge in [-0.25, -0.2) is 16.8 Å². The standard InChI is InChI=1S/C16H19ClN2O5S2/c1-25(20,21)14-4-5-15(17)16(11-14)26(22,23)19-8-6-18(7-9-19)12-13-3-2-10-24-13/h2-5,10-11H,6-9,12H2,1H3. The van der Waals surface area contributed by atoms with E-state index in [1.54, 1.807) is 6.26 Å². The highest BCUT2D eigenvalue weighted by Gasteiger charge is 2.31.